The summed E-state index contributed by atoms with van der Waals surface area (Å²) in [4.78, 5) is 38.6. The van der Waals surface area contributed by atoms with Crippen LogP contribution in [0.15, 0.2) is 81.1 Å². The van der Waals surface area contributed by atoms with Gasteiger partial charge in [-0.2, -0.15) is 0 Å². The molecule has 1 aromatic heterocycles. The number of hydrogen-bond donors (Lipinski definition) is 0. The van der Waals surface area contributed by atoms with E-state index in [-0.39, 0.29) is 55.5 Å². The predicted molar refractivity (Wildman–Crippen MR) is 194 cm³/mol. The lowest BCUT2D eigenvalue weighted by Crippen LogP contribution is -2.55. The van der Waals surface area contributed by atoms with Crippen LogP contribution in [0.5, 0.6) is 5.75 Å². The minimum Gasteiger partial charge on any atom is -0.493 e. The summed E-state index contributed by atoms with van der Waals surface area (Å²) < 4.78 is 39.1. The molecule has 12 nitrogen and oxygen atoms in total. The van der Waals surface area contributed by atoms with Gasteiger partial charge in [0.2, 0.25) is 10.0 Å². The molecule has 3 amide bonds. The molecule has 0 saturated carbocycles. The molecule has 15 heteroatoms. The first-order chi connectivity index (χ1) is 24.3. The van der Waals surface area contributed by atoms with E-state index in [0.717, 1.165) is 15.4 Å². The molecule has 6 rings (SSSR count). The molecular weight excluding hydrogens is 715 g/mol. The molecule has 0 spiro atoms. The van der Waals surface area contributed by atoms with Crippen molar-refractivity contribution in [3.8, 4) is 5.75 Å². The Morgan fingerprint density at radius 2 is 1.49 bits per heavy atom. The molecule has 0 N–H and O–H groups in total. The number of benzene rings is 3. The summed E-state index contributed by atoms with van der Waals surface area (Å²) >= 11 is 12.6. The highest BCUT2D eigenvalue weighted by Crippen LogP contribution is 2.46. The van der Waals surface area contributed by atoms with Crippen molar-refractivity contribution in [2.24, 2.45) is 4.99 Å². The minimum absolute atomic E-state index is 0.0190. The SMILES string of the molecule is CCOc1ccc(S(=O)(=O)N(C)C)cc1C1=NC(c2ccc(Cl)cc2)[C@H](c2ccc(Cl)cc2)N1C(=O)N1CCN(C(=O)c2c(C)noc2C)CC1. The normalized spacial score (nSPS) is 18.0. The topological polar surface area (TPSA) is 129 Å². The summed E-state index contributed by atoms with van der Waals surface area (Å²) in [7, 11) is -0.956. The molecule has 2 aliphatic rings. The second-order valence-corrected chi connectivity index (χ2v) is 15.5. The van der Waals surface area contributed by atoms with E-state index in [1.807, 2.05) is 31.2 Å². The summed E-state index contributed by atoms with van der Waals surface area (Å²) in [5.74, 6) is 0.849. The van der Waals surface area contributed by atoms with Gasteiger partial charge in [0.05, 0.1) is 28.8 Å². The van der Waals surface area contributed by atoms with E-state index in [1.54, 1.807) is 58.9 Å². The highest BCUT2D eigenvalue weighted by atomic mass is 35.5. The average molecular weight is 754 g/mol. The fourth-order valence-corrected chi connectivity index (χ4v) is 7.57. The molecule has 268 valence electrons. The smallest absolute Gasteiger partial charge is 0.326 e. The number of halogens is 2. The number of aryl methyl sites for hydroxylation is 2. The molecule has 51 heavy (non-hydrogen) atoms. The maximum absolute atomic E-state index is 15.0. The van der Waals surface area contributed by atoms with E-state index in [1.165, 1.54) is 26.2 Å². The predicted octanol–water partition coefficient (Wildman–Crippen LogP) is 6.37. The van der Waals surface area contributed by atoms with Crippen molar-refractivity contribution >= 4 is 51.0 Å². The van der Waals surface area contributed by atoms with Gasteiger partial charge >= 0.3 is 6.03 Å². The van der Waals surface area contributed by atoms with Gasteiger partial charge in [-0.3, -0.25) is 14.7 Å². The van der Waals surface area contributed by atoms with Crippen LogP contribution >= 0.6 is 23.2 Å². The van der Waals surface area contributed by atoms with Crippen molar-refractivity contribution in [1.29, 1.82) is 0 Å². The zero-order chi connectivity index (χ0) is 36.6. The number of ether oxygens (including phenoxy) is 1. The van der Waals surface area contributed by atoms with Gasteiger partial charge < -0.3 is 19.1 Å². The zero-order valence-electron chi connectivity index (χ0n) is 28.8. The lowest BCUT2D eigenvalue weighted by molar-refractivity contribution is 0.0644. The molecule has 1 saturated heterocycles. The maximum Gasteiger partial charge on any atom is 0.326 e. The first-order valence-electron chi connectivity index (χ1n) is 16.4. The molecule has 4 aromatic rings. The van der Waals surface area contributed by atoms with Crippen LogP contribution in [0.25, 0.3) is 0 Å². The quantitative estimate of drug-likeness (QED) is 0.205. The summed E-state index contributed by atoms with van der Waals surface area (Å²) in [6, 6.07) is 17.4. The van der Waals surface area contributed by atoms with Crippen LogP contribution in [0, 0.1) is 13.8 Å². The Labute approximate surface area is 307 Å². The Kier molecular flexibility index (Phi) is 10.5. The number of carbonyl (C=O) groups is 2. The standard InChI is InChI=1S/C36H38Cl2N6O6S/c1-6-49-30-16-15-28(51(47,48)41(4)5)21-29(30)34-39-32(24-7-11-26(37)12-8-24)33(25-9-13-27(38)14-10-25)44(34)36(46)43-19-17-42(18-20-43)35(45)31-22(2)40-50-23(31)3/h7-16,21,32-33H,6,17-20H2,1-5H3/t32?,33-/m0/s1. The van der Waals surface area contributed by atoms with Gasteiger partial charge in [-0.25, -0.2) is 17.5 Å². The van der Waals surface area contributed by atoms with E-state index in [0.29, 0.717) is 38.4 Å². The zero-order valence-corrected chi connectivity index (χ0v) is 31.2. The fourth-order valence-electron chi connectivity index (χ4n) is 6.39. The molecule has 0 bridgehead atoms. The molecule has 0 radical (unpaired) electrons. The van der Waals surface area contributed by atoms with Crippen LogP contribution in [0.3, 0.4) is 0 Å². The van der Waals surface area contributed by atoms with Crippen molar-refractivity contribution in [3.63, 3.8) is 0 Å². The lowest BCUT2D eigenvalue weighted by atomic mass is 9.93. The molecule has 3 aromatic carbocycles. The van der Waals surface area contributed by atoms with Crippen LogP contribution in [0.4, 0.5) is 4.79 Å². The fraction of sp³-hybridized carbons (Fsp3) is 0.333. The largest absolute Gasteiger partial charge is 0.493 e. The average Bonchev–Trinajstić information content (AvgIpc) is 3.68. The third kappa shape index (κ3) is 7.08. The third-order valence-corrected chi connectivity index (χ3v) is 11.4. The Morgan fingerprint density at radius 3 is 2.04 bits per heavy atom. The highest BCUT2D eigenvalue weighted by Gasteiger charge is 2.45. The van der Waals surface area contributed by atoms with Crippen LogP contribution in [0.2, 0.25) is 10.0 Å². The molecule has 1 fully saturated rings. The van der Waals surface area contributed by atoms with E-state index in [2.05, 4.69) is 5.16 Å². The van der Waals surface area contributed by atoms with Crippen molar-refractivity contribution in [3.05, 3.63) is 110 Å². The number of hydrogen-bond acceptors (Lipinski definition) is 8. The molecule has 2 aliphatic heterocycles. The number of aliphatic imine (C=N–C) groups is 1. The number of carbonyl (C=O) groups excluding carboxylic acids is 2. The Bertz CT molecular complexity index is 2060. The molecule has 3 heterocycles. The monoisotopic (exact) mass is 752 g/mol. The number of aromatic nitrogens is 1. The van der Waals surface area contributed by atoms with Crippen molar-refractivity contribution in [1.82, 2.24) is 24.2 Å². The first kappa shape index (κ1) is 36.4. The summed E-state index contributed by atoms with van der Waals surface area (Å²) in [5, 5.41) is 4.99. The van der Waals surface area contributed by atoms with Crippen LogP contribution in [0.1, 0.15) is 57.5 Å². The van der Waals surface area contributed by atoms with Crippen molar-refractivity contribution in [2.45, 2.75) is 37.8 Å². The summed E-state index contributed by atoms with van der Waals surface area (Å²) in [6.45, 7) is 6.57. The van der Waals surface area contributed by atoms with Gasteiger partial charge in [-0.1, -0.05) is 52.6 Å². The van der Waals surface area contributed by atoms with E-state index >= 15 is 0 Å². The number of amidine groups is 1. The van der Waals surface area contributed by atoms with Gasteiger partial charge in [0.25, 0.3) is 5.91 Å². The van der Waals surface area contributed by atoms with Crippen LogP contribution in [-0.2, 0) is 10.0 Å². The second-order valence-electron chi connectivity index (χ2n) is 12.5. The number of urea groups is 1. The summed E-state index contributed by atoms with van der Waals surface area (Å²) in [5.41, 5.74) is 2.83. The molecular formula is C36H38Cl2N6O6S. The number of amides is 3. The highest BCUT2D eigenvalue weighted by molar-refractivity contribution is 7.89. The van der Waals surface area contributed by atoms with Gasteiger partial charge in [0.15, 0.2) is 0 Å². The number of sulfonamides is 1. The number of piperazine rings is 1. The lowest BCUT2D eigenvalue weighted by Gasteiger charge is -2.39. The van der Waals surface area contributed by atoms with Gasteiger partial charge in [-0.05, 0) is 74.4 Å². The van der Waals surface area contributed by atoms with Gasteiger partial charge in [0, 0.05) is 50.3 Å². The number of nitrogens with zero attached hydrogens (tertiary/aromatic N) is 6. The second kappa shape index (κ2) is 14.7. The number of rotatable bonds is 8. The van der Waals surface area contributed by atoms with Crippen molar-refractivity contribution in [2.75, 3.05) is 46.9 Å². The first-order valence-corrected chi connectivity index (χ1v) is 18.6. The van der Waals surface area contributed by atoms with E-state index in [9.17, 15) is 18.0 Å². The maximum atomic E-state index is 15.0. The van der Waals surface area contributed by atoms with Crippen molar-refractivity contribution < 1.29 is 27.3 Å². The summed E-state index contributed by atoms with van der Waals surface area (Å²) in [6.07, 6.45) is 0. The Morgan fingerprint density at radius 1 is 0.902 bits per heavy atom. The Balaban J connectivity index is 1.46. The van der Waals surface area contributed by atoms with Crippen LogP contribution in [-0.4, -0.2) is 97.2 Å². The molecule has 1 unspecified atom stereocenters. The third-order valence-electron chi connectivity index (χ3n) is 9.05. The van der Waals surface area contributed by atoms with E-state index in [4.69, 9.17) is 37.5 Å². The minimum atomic E-state index is -3.87. The Hall–Kier alpha value is -4.43. The van der Waals surface area contributed by atoms with Gasteiger partial charge in [-0.15, -0.1) is 0 Å². The molecule has 0 aliphatic carbocycles. The van der Waals surface area contributed by atoms with Gasteiger partial charge in [0.1, 0.15) is 29.0 Å². The van der Waals surface area contributed by atoms with Crippen LogP contribution < -0.4 is 4.74 Å². The van der Waals surface area contributed by atoms with E-state index < -0.39 is 22.1 Å². The molecule has 2 atom stereocenters.